The summed E-state index contributed by atoms with van der Waals surface area (Å²) in [4.78, 5) is 14.5. The number of aliphatic carboxylic acids is 1. The molecule has 0 unspecified atom stereocenters. The van der Waals surface area contributed by atoms with E-state index in [1.807, 2.05) is 0 Å². The maximum Gasteiger partial charge on any atom is 1.00 e. The molecule has 0 spiro atoms. The molecule has 126 valence electrons. The van der Waals surface area contributed by atoms with Gasteiger partial charge in [-0.2, -0.15) is 14.0 Å². The summed E-state index contributed by atoms with van der Waals surface area (Å²) in [5.74, 6) is -2.49. The van der Waals surface area contributed by atoms with Crippen LogP contribution in [0.15, 0.2) is 52.4 Å². The second-order valence-electron chi connectivity index (χ2n) is 4.89. The first kappa shape index (κ1) is 20.9. The van der Waals surface area contributed by atoms with Crippen LogP contribution in [0, 0.1) is 11.3 Å². The minimum Gasteiger partial charge on any atom is -0.543 e. The number of fused-ring (bicyclic) bond motifs is 1. The number of halogens is 3. The molecule has 0 amide bonds. The van der Waals surface area contributed by atoms with Gasteiger partial charge in [0, 0.05) is 10.8 Å². The zero-order chi connectivity index (χ0) is 18.2. The van der Waals surface area contributed by atoms with Gasteiger partial charge in [0.2, 0.25) is 0 Å². The number of benzene rings is 2. The summed E-state index contributed by atoms with van der Waals surface area (Å²) in [7, 11) is 0. The van der Waals surface area contributed by atoms with Gasteiger partial charge in [0.1, 0.15) is 10.6 Å². The van der Waals surface area contributed by atoms with Crippen molar-refractivity contribution >= 4 is 44.4 Å². The molecule has 3 aromatic rings. The second-order valence-corrected chi connectivity index (χ2v) is 6.79. The quantitative estimate of drug-likeness (QED) is 0.420. The fourth-order valence-corrected chi connectivity index (χ4v) is 3.62. The van der Waals surface area contributed by atoms with Crippen LogP contribution in [-0.2, 0) is 4.79 Å². The second kappa shape index (κ2) is 8.06. The van der Waals surface area contributed by atoms with Gasteiger partial charge in [-0.15, -0.1) is 0 Å². The molecule has 26 heavy (non-hydrogen) atoms. The molecule has 0 radical (unpaired) electrons. The number of thioether (sulfide) groups is 1. The number of aromatic nitrogens is 2. The van der Waals surface area contributed by atoms with Gasteiger partial charge in [0.05, 0.1) is 23.5 Å². The van der Waals surface area contributed by atoms with E-state index in [0.717, 1.165) is 0 Å². The number of carboxylic acids is 1. The normalized spacial score (nSPS) is 11.0. The molecule has 1 heterocycles. The van der Waals surface area contributed by atoms with E-state index in [4.69, 9.17) is 0 Å². The molecule has 0 fully saturated rings. The molecule has 0 aliphatic rings. The number of nitriles is 1. The predicted octanol–water partition coefficient (Wildman–Crippen LogP) is 0.0985. The Balaban J connectivity index is 0.00000243. The van der Waals surface area contributed by atoms with Crippen molar-refractivity contribution in [2.45, 2.75) is 10.4 Å². The van der Waals surface area contributed by atoms with E-state index < -0.39 is 11.2 Å². The Labute approximate surface area is 181 Å². The summed E-state index contributed by atoms with van der Waals surface area (Å²) < 4.78 is 28.8. The third-order valence-electron chi connectivity index (χ3n) is 3.41. The maximum absolute atomic E-state index is 13.6. The van der Waals surface area contributed by atoms with Crippen molar-refractivity contribution in [1.82, 2.24) is 9.55 Å². The summed E-state index contributed by atoms with van der Waals surface area (Å²) in [6.45, 7) is 0. The summed E-state index contributed by atoms with van der Waals surface area (Å²) >= 11 is 3.01. The maximum atomic E-state index is 13.6. The Morgan fingerprint density at radius 1 is 1.27 bits per heavy atom. The van der Waals surface area contributed by atoms with Gasteiger partial charge in [0.25, 0.3) is 0 Å². The van der Waals surface area contributed by atoms with E-state index in [-0.39, 0.29) is 46.5 Å². The third-order valence-corrected chi connectivity index (χ3v) is 4.86. The minimum atomic E-state index is -4.13. The summed E-state index contributed by atoms with van der Waals surface area (Å²) in [6.07, 6.45) is 1.29. The first-order valence-corrected chi connectivity index (χ1v) is 8.40. The standard InChI is InChI=1S/C16H8BrF2N3O2S.Na/c17-13-8-21-15(25-16(18,19)14(23)24)22(13)12-6-5-9(7-20)10-3-1-2-4-11(10)12;/h1-6,8H,(H,23,24);/q;+1/p-1. The number of nitrogens with zero attached hydrogens (tertiary/aromatic N) is 3. The Morgan fingerprint density at radius 2 is 1.92 bits per heavy atom. The Hall–Kier alpha value is -1.44. The van der Waals surface area contributed by atoms with E-state index >= 15 is 0 Å². The number of carboxylic acid groups (broad SMARTS) is 1. The number of imidazole rings is 1. The van der Waals surface area contributed by atoms with Crippen LogP contribution in [0.3, 0.4) is 0 Å². The van der Waals surface area contributed by atoms with Crippen molar-refractivity contribution in [3.63, 3.8) is 0 Å². The van der Waals surface area contributed by atoms with Crippen molar-refractivity contribution in [3.05, 3.63) is 52.8 Å². The molecule has 2 aromatic carbocycles. The molecule has 3 rings (SSSR count). The zero-order valence-electron chi connectivity index (χ0n) is 13.2. The number of alkyl halides is 2. The fourth-order valence-electron chi connectivity index (χ4n) is 2.34. The SMILES string of the molecule is N#Cc1ccc(-n2c(Br)cnc2SC(F)(F)C(=O)[O-])c2ccccc12.[Na+]. The first-order valence-electron chi connectivity index (χ1n) is 6.79. The van der Waals surface area contributed by atoms with Gasteiger partial charge < -0.3 is 9.90 Å². The third kappa shape index (κ3) is 3.80. The molecular formula is C16H7BrF2N3NaO2S. The average molecular weight is 446 g/mol. The number of hydrogen-bond acceptors (Lipinski definition) is 5. The Kier molecular flexibility index (Phi) is 6.47. The van der Waals surface area contributed by atoms with Crippen molar-refractivity contribution < 1.29 is 48.2 Å². The van der Waals surface area contributed by atoms with Crippen LogP contribution in [0.2, 0.25) is 0 Å². The Bertz CT molecular complexity index is 1040. The van der Waals surface area contributed by atoms with Crippen LogP contribution in [-0.4, -0.2) is 20.8 Å². The average Bonchev–Trinajstić information content (AvgIpc) is 2.93. The molecule has 10 heteroatoms. The zero-order valence-corrected chi connectivity index (χ0v) is 17.6. The van der Waals surface area contributed by atoms with Gasteiger partial charge in [0.15, 0.2) is 5.16 Å². The number of carbonyl (C=O) groups excluding carboxylic acids is 1. The molecule has 0 saturated carbocycles. The summed E-state index contributed by atoms with van der Waals surface area (Å²) in [6, 6.07) is 12.2. The molecule has 0 saturated heterocycles. The van der Waals surface area contributed by atoms with E-state index in [1.54, 1.807) is 36.4 Å². The van der Waals surface area contributed by atoms with Crippen LogP contribution in [0.4, 0.5) is 8.78 Å². The molecule has 0 N–H and O–H groups in total. The Morgan fingerprint density at radius 3 is 2.54 bits per heavy atom. The van der Waals surface area contributed by atoms with Crippen LogP contribution < -0.4 is 34.7 Å². The molecule has 1 aromatic heterocycles. The minimum absolute atomic E-state index is 0. The van der Waals surface area contributed by atoms with Gasteiger partial charge in [-0.05, 0) is 39.8 Å². The van der Waals surface area contributed by atoms with Crippen molar-refractivity contribution in [2.75, 3.05) is 0 Å². The molecule has 0 atom stereocenters. The van der Waals surface area contributed by atoms with E-state index in [2.05, 4.69) is 27.0 Å². The molecular weight excluding hydrogens is 439 g/mol. The molecule has 0 aliphatic heterocycles. The molecule has 0 aliphatic carbocycles. The molecule has 0 bridgehead atoms. The van der Waals surface area contributed by atoms with Crippen LogP contribution in [0.5, 0.6) is 0 Å². The van der Waals surface area contributed by atoms with Crippen LogP contribution in [0.25, 0.3) is 16.5 Å². The number of carbonyl (C=O) groups is 1. The van der Waals surface area contributed by atoms with E-state index in [9.17, 15) is 23.9 Å². The number of hydrogen-bond donors (Lipinski definition) is 0. The van der Waals surface area contributed by atoms with Gasteiger partial charge >= 0.3 is 34.8 Å². The predicted molar refractivity (Wildman–Crippen MR) is 89.3 cm³/mol. The summed E-state index contributed by atoms with van der Waals surface area (Å²) in [5.41, 5.74) is 0.917. The molecule has 5 nitrogen and oxygen atoms in total. The number of rotatable bonds is 4. The van der Waals surface area contributed by atoms with Crippen LogP contribution >= 0.6 is 27.7 Å². The largest absolute Gasteiger partial charge is 1.00 e. The monoisotopic (exact) mass is 445 g/mol. The fraction of sp³-hybridized carbons (Fsp3) is 0.0625. The van der Waals surface area contributed by atoms with Gasteiger partial charge in [-0.1, -0.05) is 24.3 Å². The topological polar surface area (TPSA) is 81.7 Å². The van der Waals surface area contributed by atoms with E-state index in [0.29, 0.717) is 26.6 Å². The van der Waals surface area contributed by atoms with Gasteiger partial charge in [-0.3, -0.25) is 4.57 Å². The summed E-state index contributed by atoms with van der Waals surface area (Å²) in [5, 5.41) is 16.8. The van der Waals surface area contributed by atoms with Crippen LogP contribution in [0.1, 0.15) is 5.56 Å². The van der Waals surface area contributed by atoms with Crippen molar-refractivity contribution in [2.24, 2.45) is 0 Å². The van der Waals surface area contributed by atoms with Crippen molar-refractivity contribution in [1.29, 1.82) is 5.26 Å². The smallest absolute Gasteiger partial charge is 0.543 e. The van der Waals surface area contributed by atoms with E-state index in [1.165, 1.54) is 10.8 Å². The van der Waals surface area contributed by atoms with Gasteiger partial charge in [-0.25, -0.2) is 4.98 Å². The first-order chi connectivity index (χ1) is 11.8. The van der Waals surface area contributed by atoms with Crippen molar-refractivity contribution in [3.8, 4) is 11.8 Å².